The maximum atomic E-state index is 13.0. The van der Waals surface area contributed by atoms with Crippen molar-refractivity contribution in [2.24, 2.45) is 5.92 Å². The zero-order chi connectivity index (χ0) is 11.5. The van der Waals surface area contributed by atoms with Gasteiger partial charge >= 0.3 is 0 Å². The SMILES string of the molecule is Cl.O=C(NCC1CNC1)c1cc(F)cc(Cl)c1. The summed E-state index contributed by atoms with van der Waals surface area (Å²) in [6.45, 7) is 2.45. The van der Waals surface area contributed by atoms with Gasteiger partial charge in [0.1, 0.15) is 5.82 Å². The summed E-state index contributed by atoms with van der Waals surface area (Å²) in [6.07, 6.45) is 0. The minimum atomic E-state index is -0.497. The van der Waals surface area contributed by atoms with E-state index in [4.69, 9.17) is 11.6 Å². The predicted molar refractivity (Wildman–Crippen MR) is 67.4 cm³/mol. The molecule has 2 N–H and O–H groups in total. The molecular formula is C11H13Cl2FN2O. The second kappa shape index (κ2) is 6.19. The molecule has 94 valence electrons. The molecule has 2 rings (SSSR count). The molecule has 0 aliphatic carbocycles. The summed E-state index contributed by atoms with van der Waals surface area (Å²) in [5.41, 5.74) is 0.261. The summed E-state index contributed by atoms with van der Waals surface area (Å²) in [4.78, 5) is 11.6. The molecule has 1 aliphatic rings. The molecule has 1 fully saturated rings. The van der Waals surface area contributed by atoms with Crippen LogP contribution in [0.25, 0.3) is 0 Å². The maximum Gasteiger partial charge on any atom is 0.251 e. The lowest BCUT2D eigenvalue weighted by molar-refractivity contribution is 0.0942. The fourth-order valence-electron chi connectivity index (χ4n) is 1.52. The fraction of sp³-hybridized carbons (Fsp3) is 0.364. The van der Waals surface area contributed by atoms with Gasteiger partial charge in [-0.25, -0.2) is 4.39 Å². The first-order chi connectivity index (χ1) is 7.65. The number of hydrogen-bond acceptors (Lipinski definition) is 2. The molecule has 1 aliphatic heterocycles. The van der Waals surface area contributed by atoms with E-state index in [1.807, 2.05) is 0 Å². The summed E-state index contributed by atoms with van der Waals surface area (Å²) < 4.78 is 13.0. The van der Waals surface area contributed by atoms with Gasteiger partial charge in [-0.2, -0.15) is 0 Å². The van der Waals surface area contributed by atoms with E-state index in [2.05, 4.69) is 10.6 Å². The van der Waals surface area contributed by atoms with E-state index in [1.165, 1.54) is 18.2 Å². The summed E-state index contributed by atoms with van der Waals surface area (Å²) in [6, 6.07) is 3.81. The maximum absolute atomic E-state index is 13.0. The van der Waals surface area contributed by atoms with E-state index in [0.29, 0.717) is 12.5 Å². The van der Waals surface area contributed by atoms with Crippen molar-refractivity contribution in [2.75, 3.05) is 19.6 Å². The third-order valence-corrected chi connectivity index (χ3v) is 2.76. The molecule has 0 atom stereocenters. The molecule has 0 spiro atoms. The zero-order valence-electron chi connectivity index (χ0n) is 9.00. The van der Waals surface area contributed by atoms with Gasteiger partial charge in [0.25, 0.3) is 5.91 Å². The number of carbonyl (C=O) groups is 1. The summed E-state index contributed by atoms with van der Waals surface area (Å²) in [7, 11) is 0. The molecule has 1 heterocycles. The van der Waals surface area contributed by atoms with Crippen LogP contribution in [0, 0.1) is 11.7 Å². The van der Waals surface area contributed by atoms with Gasteiger partial charge in [0.2, 0.25) is 0 Å². The van der Waals surface area contributed by atoms with Crippen molar-refractivity contribution in [1.29, 1.82) is 0 Å². The van der Waals surface area contributed by atoms with Crippen LogP contribution in [0.5, 0.6) is 0 Å². The van der Waals surface area contributed by atoms with Gasteiger partial charge in [0, 0.05) is 36.1 Å². The third kappa shape index (κ3) is 3.84. The van der Waals surface area contributed by atoms with Gasteiger partial charge in [-0.05, 0) is 18.2 Å². The smallest absolute Gasteiger partial charge is 0.251 e. The van der Waals surface area contributed by atoms with Crippen LogP contribution in [0.15, 0.2) is 18.2 Å². The minimum absolute atomic E-state index is 0. The number of rotatable bonds is 3. The highest BCUT2D eigenvalue weighted by molar-refractivity contribution is 6.31. The standard InChI is InChI=1S/C11H12ClFN2O.ClH/c12-9-1-8(2-10(13)3-9)11(16)15-6-7-4-14-5-7;/h1-3,7,14H,4-6H2,(H,15,16);1H. The van der Waals surface area contributed by atoms with Gasteiger partial charge in [-0.3, -0.25) is 4.79 Å². The lowest BCUT2D eigenvalue weighted by atomic mass is 10.0. The minimum Gasteiger partial charge on any atom is -0.352 e. The van der Waals surface area contributed by atoms with Crippen molar-refractivity contribution in [3.63, 3.8) is 0 Å². The van der Waals surface area contributed by atoms with Crippen molar-refractivity contribution in [1.82, 2.24) is 10.6 Å². The first-order valence-electron chi connectivity index (χ1n) is 5.10. The van der Waals surface area contributed by atoms with Crippen LogP contribution in [0.4, 0.5) is 4.39 Å². The third-order valence-electron chi connectivity index (χ3n) is 2.54. The van der Waals surface area contributed by atoms with Gasteiger partial charge in [0.15, 0.2) is 0 Å². The topological polar surface area (TPSA) is 41.1 Å². The van der Waals surface area contributed by atoms with Crippen LogP contribution in [0.1, 0.15) is 10.4 Å². The molecule has 1 saturated heterocycles. The second-order valence-electron chi connectivity index (χ2n) is 3.89. The highest BCUT2D eigenvalue weighted by atomic mass is 35.5. The fourth-order valence-corrected chi connectivity index (χ4v) is 1.74. The second-order valence-corrected chi connectivity index (χ2v) is 4.33. The lowest BCUT2D eigenvalue weighted by Crippen LogP contribution is -2.48. The molecule has 0 aromatic heterocycles. The van der Waals surface area contributed by atoms with Crippen LogP contribution >= 0.6 is 24.0 Å². The van der Waals surface area contributed by atoms with Crippen molar-refractivity contribution >= 4 is 29.9 Å². The van der Waals surface area contributed by atoms with E-state index in [-0.39, 0.29) is 28.9 Å². The average molecular weight is 279 g/mol. The molecule has 0 saturated carbocycles. The van der Waals surface area contributed by atoms with E-state index in [9.17, 15) is 9.18 Å². The first-order valence-corrected chi connectivity index (χ1v) is 5.48. The number of nitrogens with one attached hydrogen (secondary N) is 2. The summed E-state index contributed by atoms with van der Waals surface area (Å²) in [5.74, 6) is -0.302. The summed E-state index contributed by atoms with van der Waals surface area (Å²) in [5, 5.41) is 6.09. The van der Waals surface area contributed by atoms with Crippen molar-refractivity contribution in [3.05, 3.63) is 34.6 Å². The van der Waals surface area contributed by atoms with Crippen LogP contribution < -0.4 is 10.6 Å². The first kappa shape index (κ1) is 14.2. The summed E-state index contributed by atoms with van der Waals surface area (Å²) >= 11 is 5.67. The van der Waals surface area contributed by atoms with Gasteiger partial charge in [-0.1, -0.05) is 11.6 Å². The molecule has 3 nitrogen and oxygen atoms in total. The molecule has 0 unspecified atom stereocenters. The Morgan fingerprint density at radius 2 is 2.18 bits per heavy atom. The Labute approximate surface area is 110 Å². The van der Waals surface area contributed by atoms with E-state index in [0.717, 1.165) is 13.1 Å². The molecule has 6 heteroatoms. The molecule has 0 radical (unpaired) electrons. The Bertz CT molecular complexity index is 390. The van der Waals surface area contributed by atoms with E-state index >= 15 is 0 Å². The average Bonchev–Trinajstić information content (AvgIpc) is 2.13. The van der Waals surface area contributed by atoms with Crippen LogP contribution in [0.3, 0.4) is 0 Å². The normalized spacial score (nSPS) is 14.7. The van der Waals surface area contributed by atoms with Crippen LogP contribution in [-0.2, 0) is 0 Å². The molecule has 17 heavy (non-hydrogen) atoms. The van der Waals surface area contributed by atoms with Gasteiger partial charge in [-0.15, -0.1) is 12.4 Å². The zero-order valence-corrected chi connectivity index (χ0v) is 10.6. The van der Waals surface area contributed by atoms with Crippen molar-refractivity contribution < 1.29 is 9.18 Å². The Hall–Kier alpha value is -0.840. The van der Waals surface area contributed by atoms with E-state index in [1.54, 1.807) is 0 Å². The Balaban J connectivity index is 0.00000144. The van der Waals surface area contributed by atoms with Crippen LogP contribution in [0.2, 0.25) is 5.02 Å². The number of halogens is 3. The van der Waals surface area contributed by atoms with Crippen molar-refractivity contribution in [2.45, 2.75) is 0 Å². The number of amides is 1. The lowest BCUT2D eigenvalue weighted by Gasteiger charge is -2.27. The quantitative estimate of drug-likeness (QED) is 0.886. The van der Waals surface area contributed by atoms with Gasteiger partial charge in [0.05, 0.1) is 0 Å². The molecule has 1 amide bonds. The highest BCUT2D eigenvalue weighted by Gasteiger charge is 2.17. The van der Waals surface area contributed by atoms with E-state index < -0.39 is 5.82 Å². The van der Waals surface area contributed by atoms with Crippen molar-refractivity contribution in [3.8, 4) is 0 Å². The van der Waals surface area contributed by atoms with Crippen LogP contribution in [-0.4, -0.2) is 25.5 Å². The monoisotopic (exact) mass is 278 g/mol. The molecular weight excluding hydrogens is 266 g/mol. The molecule has 1 aromatic carbocycles. The Morgan fingerprint density at radius 3 is 2.71 bits per heavy atom. The Kier molecular flexibility index (Phi) is 5.18. The van der Waals surface area contributed by atoms with Gasteiger partial charge < -0.3 is 10.6 Å². The number of hydrogen-bond donors (Lipinski definition) is 2. The predicted octanol–water partition coefficient (Wildman–Crippen LogP) is 1.85. The Morgan fingerprint density at radius 1 is 1.47 bits per heavy atom. The molecule has 0 bridgehead atoms. The molecule has 1 aromatic rings. The number of carbonyl (C=O) groups excluding carboxylic acids is 1. The highest BCUT2D eigenvalue weighted by Crippen LogP contribution is 2.14. The number of benzene rings is 1. The largest absolute Gasteiger partial charge is 0.352 e.